The molecule has 0 amide bonds. The lowest BCUT2D eigenvalue weighted by Crippen LogP contribution is -2.03. The number of carboxylic acid groups (broad SMARTS) is 1. The topological polar surface area (TPSA) is 59.3 Å². The van der Waals surface area contributed by atoms with E-state index >= 15 is 0 Å². The number of nitrogens with zero attached hydrogens (tertiary/aromatic N) is 1. The Labute approximate surface area is 109 Å². The lowest BCUT2D eigenvalue weighted by Gasteiger charge is -2.01. The van der Waals surface area contributed by atoms with Crippen LogP contribution >= 0.6 is 0 Å². The third-order valence-corrected chi connectivity index (χ3v) is 2.86. The quantitative estimate of drug-likeness (QED) is 0.863. The molecule has 4 nitrogen and oxygen atoms in total. The molecule has 2 aromatic rings. The third-order valence-electron chi connectivity index (χ3n) is 2.86. The van der Waals surface area contributed by atoms with Gasteiger partial charge in [-0.05, 0) is 30.7 Å². The second-order valence-electron chi connectivity index (χ2n) is 4.34. The Kier molecular flexibility index (Phi) is 3.21. The molecule has 0 aliphatic heterocycles. The summed E-state index contributed by atoms with van der Waals surface area (Å²) in [7, 11) is 1.52. The Bertz CT molecular complexity index is 673. The van der Waals surface area contributed by atoms with Gasteiger partial charge in [-0.25, -0.2) is 9.18 Å². The fraction of sp³-hybridized carbons (Fsp3) is 0.143. The Morgan fingerprint density at radius 2 is 1.95 bits per heavy atom. The standard InChI is InChI=1S/C14H12FNO3/c1-8-3-4-10(11(15)5-8)13(17)9-6-12(14(18)19)16(2)7-9/h3-7H,1-2H3,(H,18,19). The van der Waals surface area contributed by atoms with E-state index in [2.05, 4.69) is 0 Å². The summed E-state index contributed by atoms with van der Waals surface area (Å²) in [5, 5.41) is 8.92. The number of benzene rings is 1. The van der Waals surface area contributed by atoms with E-state index < -0.39 is 17.6 Å². The molecule has 19 heavy (non-hydrogen) atoms. The van der Waals surface area contributed by atoms with Crippen molar-refractivity contribution in [1.29, 1.82) is 0 Å². The zero-order valence-corrected chi connectivity index (χ0v) is 10.5. The molecule has 1 heterocycles. The maximum atomic E-state index is 13.7. The zero-order chi connectivity index (χ0) is 14.2. The smallest absolute Gasteiger partial charge is 0.352 e. The molecule has 5 heteroatoms. The Balaban J connectivity index is 2.44. The van der Waals surface area contributed by atoms with E-state index in [4.69, 9.17) is 5.11 Å². The van der Waals surface area contributed by atoms with E-state index in [-0.39, 0.29) is 16.8 Å². The SMILES string of the molecule is Cc1ccc(C(=O)c2cc(C(=O)O)n(C)c2)c(F)c1. The minimum Gasteiger partial charge on any atom is -0.477 e. The van der Waals surface area contributed by atoms with Crippen molar-refractivity contribution in [2.75, 3.05) is 0 Å². The van der Waals surface area contributed by atoms with Crippen molar-refractivity contribution < 1.29 is 19.1 Å². The lowest BCUT2D eigenvalue weighted by molar-refractivity contribution is 0.0686. The molecule has 1 aromatic carbocycles. The van der Waals surface area contributed by atoms with Crippen molar-refractivity contribution in [3.05, 3.63) is 58.7 Å². The number of aromatic carboxylic acids is 1. The molecule has 0 radical (unpaired) electrons. The van der Waals surface area contributed by atoms with Crippen LogP contribution in [0.4, 0.5) is 4.39 Å². The van der Waals surface area contributed by atoms with Crippen LogP contribution < -0.4 is 0 Å². The van der Waals surface area contributed by atoms with Gasteiger partial charge in [0, 0.05) is 18.8 Å². The van der Waals surface area contributed by atoms with Crippen LogP contribution in [0.1, 0.15) is 32.0 Å². The average Bonchev–Trinajstić information content (AvgIpc) is 2.70. The maximum Gasteiger partial charge on any atom is 0.352 e. The summed E-state index contributed by atoms with van der Waals surface area (Å²) >= 11 is 0. The first-order valence-electron chi connectivity index (χ1n) is 5.60. The van der Waals surface area contributed by atoms with Crippen molar-refractivity contribution >= 4 is 11.8 Å². The first-order chi connectivity index (χ1) is 8.90. The molecule has 0 atom stereocenters. The molecule has 98 valence electrons. The number of carbonyl (C=O) groups is 2. The van der Waals surface area contributed by atoms with Gasteiger partial charge in [-0.15, -0.1) is 0 Å². The minimum atomic E-state index is -1.13. The lowest BCUT2D eigenvalue weighted by atomic mass is 10.0. The summed E-state index contributed by atoms with van der Waals surface area (Å²) in [6, 6.07) is 5.55. The molecule has 0 fully saturated rings. The summed E-state index contributed by atoms with van der Waals surface area (Å²) in [4.78, 5) is 23.0. The van der Waals surface area contributed by atoms with Gasteiger partial charge in [0.2, 0.25) is 0 Å². The summed E-state index contributed by atoms with van der Waals surface area (Å²) < 4.78 is 15.0. The van der Waals surface area contributed by atoms with E-state index in [0.29, 0.717) is 5.56 Å². The molecule has 0 aliphatic carbocycles. The Morgan fingerprint density at radius 1 is 1.26 bits per heavy atom. The summed E-state index contributed by atoms with van der Waals surface area (Å²) in [5.74, 6) is -2.27. The number of carbonyl (C=O) groups excluding carboxylic acids is 1. The van der Waals surface area contributed by atoms with Crippen molar-refractivity contribution in [2.45, 2.75) is 6.92 Å². The van der Waals surface area contributed by atoms with Gasteiger partial charge in [-0.3, -0.25) is 4.79 Å². The highest BCUT2D eigenvalue weighted by molar-refractivity contribution is 6.10. The van der Waals surface area contributed by atoms with Crippen LogP contribution in [0, 0.1) is 12.7 Å². The predicted octanol–water partition coefficient (Wildman–Crippen LogP) is 2.40. The van der Waals surface area contributed by atoms with Gasteiger partial charge in [0.15, 0.2) is 5.78 Å². The first kappa shape index (κ1) is 13.0. The van der Waals surface area contributed by atoms with Crippen LogP contribution in [-0.2, 0) is 7.05 Å². The highest BCUT2D eigenvalue weighted by atomic mass is 19.1. The molecule has 0 unspecified atom stereocenters. The fourth-order valence-corrected chi connectivity index (χ4v) is 1.86. The van der Waals surface area contributed by atoms with Gasteiger partial charge in [0.1, 0.15) is 11.5 Å². The molecule has 0 saturated heterocycles. The maximum absolute atomic E-state index is 13.7. The van der Waals surface area contributed by atoms with Gasteiger partial charge in [-0.2, -0.15) is 0 Å². The summed E-state index contributed by atoms with van der Waals surface area (Å²) in [6.45, 7) is 1.72. The fourth-order valence-electron chi connectivity index (χ4n) is 1.86. The highest BCUT2D eigenvalue weighted by Crippen LogP contribution is 2.17. The molecule has 0 saturated carbocycles. The molecule has 0 spiro atoms. The minimum absolute atomic E-state index is 0.0177. The second-order valence-corrected chi connectivity index (χ2v) is 4.34. The number of carboxylic acids is 1. The van der Waals surface area contributed by atoms with Gasteiger partial charge in [-0.1, -0.05) is 6.07 Å². The van der Waals surface area contributed by atoms with Gasteiger partial charge >= 0.3 is 5.97 Å². The number of aromatic nitrogens is 1. The van der Waals surface area contributed by atoms with Crippen LogP contribution in [0.15, 0.2) is 30.5 Å². The van der Waals surface area contributed by atoms with E-state index in [1.807, 2.05) is 0 Å². The predicted molar refractivity (Wildman–Crippen MR) is 66.9 cm³/mol. The monoisotopic (exact) mass is 261 g/mol. The second kappa shape index (κ2) is 4.68. The number of hydrogen-bond acceptors (Lipinski definition) is 2. The zero-order valence-electron chi connectivity index (χ0n) is 10.5. The number of rotatable bonds is 3. The normalized spacial score (nSPS) is 10.5. The highest BCUT2D eigenvalue weighted by Gasteiger charge is 2.18. The number of halogens is 1. The first-order valence-corrected chi connectivity index (χ1v) is 5.60. The van der Waals surface area contributed by atoms with E-state index in [1.54, 1.807) is 13.0 Å². The molecule has 1 N–H and O–H groups in total. The molecule has 0 aliphatic rings. The molecular weight excluding hydrogens is 249 g/mol. The van der Waals surface area contributed by atoms with Crippen LogP contribution in [0.2, 0.25) is 0 Å². The number of ketones is 1. The van der Waals surface area contributed by atoms with Crippen LogP contribution in [0.25, 0.3) is 0 Å². The van der Waals surface area contributed by atoms with Crippen molar-refractivity contribution in [3.63, 3.8) is 0 Å². The van der Waals surface area contributed by atoms with Crippen LogP contribution in [0.5, 0.6) is 0 Å². The summed E-state index contributed by atoms with van der Waals surface area (Å²) in [5.41, 5.74) is 0.792. The van der Waals surface area contributed by atoms with Gasteiger partial charge in [0.25, 0.3) is 0 Å². The number of aryl methyl sites for hydroxylation is 2. The van der Waals surface area contributed by atoms with Crippen molar-refractivity contribution in [3.8, 4) is 0 Å². The van der Waals surface area contributed by atoms with Crippen molar-refractivity contribution in [1.82, 2.24) is 4.57 Å². The largest absolute Gasteiger partial charge is 0.477 e. The third kappa shape index (κ3) is 2.40. The Morgan fingerprint density at radius 3 is 2.47 bits per heavy atom. The summed E-state index contributed by atoms with van der Waals surface area (Å²) in [6.07, 6.45) is 1.38. The molecular formula is C14H12FNO3. The molecule has 2 rings (SSSR count). The molecule has 0 bridgehead atoms. The van der Waals surface area contributed by atoms with Gasteiger partial charge in [0.05, 0.1) is 5.56 Å². The van der Waals surface area contributed by atoms with Crippen LogP contribution in [0.3, 0.4) is 0 Å². The van der Waals surface area contributed by atoms with E-state index in [1.165, 1.54) is 36.0 Å². The van der Waals surface area contributed by atoms with E-state index in [0.717, 1.165) is 0 Å². The van der Waals surface area contributed by atoms with E-state index in [9.17, 15) is 14.0 Å². The molecule has 1 aromatic heterocycles. The van der Waals surface area contributed by atoms with Crippen molar-refractivity contribution in [2.24, 2.45) is 7.05 Å². The average molecular weight is 261 g/mol. The van der Waals surface area contributed by atoms with Gasteiger partial charge < -0.3 is 9.67 Å². The number of hydrogen-bond donors (Lipinski definition) is 1. The van der Waals surface area contributed by atoms with Crippen LogP contribution in [-0.4, -0.2) is 21.4 Å². The Hall–Kier alpha value is -2.43.